The van der Waals surface area contributed by atoms with Crippen molar-refractivity contribution in [3.8, 4) is 5.88 Å². The predicted molar refractivity (Wildman–Crippen MR) is 67.0 cm³/mol. The Bertz CT molecular complexity index is 520. The molecule has 0 fully saturated rings. The van der Waals surface area contributed by atoms with E-state index in [-0.39, 0.29) is 0 Å². The van der Waals surface area contributed by atoms with E-state index in [2.05, 4.69) is 14.9 Å². The van der Waals surface area contributed by atoms with Gasteiger partial charge in [-0.3, -0.25) is 4.57 Å². The van der Waals surface area contributed by atoms with Gasteiger partial charge in [-0.1, -0.05) is 0 Å². The molecule has 2 rings (SSSR count). The zero-order chi connectivity index (χ0) is 12.4. The molecular formula is C11H17N5O. The lowest BCUT2D eigenvalue weighted by molar-refractivity contribution is 0.385. The number of fused-ring (bicyclic) bond motifs is 1. The number of ether oxygens (including phenoxy) is 1. The third-order valence-electron chi connectivity index (χ3n) is 2.58. The van der Waals surface area contributed by atoms with Crippen molar-refractivity contribution in [1.29, 1.82) is 0 Å². The molecule has 2 aromatic rings. The van der Waals surface area contributed by atoms with E-state index in [0.29, 0.717) is 11.8 Å². The van der Waals surface area contributed by atoms with Gasteiger partial charge in [-0.2, -0.15) is 4.98 Å². The number of hydrogen-bond donors (Lipinski definition) is 1. The van der Waals surface area contributed by atoms with Gasteiger partial charge in [0.25, 0.3) is 0 Å². The fourth-order valence-corrected chi connectivity index (χ4v) is 1.64. The van der Waals surface area contributed by atoms with Gasteiger partial charge in [-0.05, 0) is 20.2 Å². The first-order valence-electron chi connectivity index (χ1n) is 5.43. The number of nitrogens with two attached hydrogens (primary N) is 1. The largest absolute Gasteiger partial charge is 0.481 e. The van der Waals surface area contributed by atoms with E-state index in [4.69, 9.17) is 10.5 Å². The third-order valence-corrected chi connectivity index (χ3v) is 2.58. The van der Waals surface area contributed by atoms with E-state index in [1.807, 2.05) is 24.7 Å². The molecule has 2 aromatic heterocycles. The predicted octanol–water partition coefficient (Wildman–Crippen LogP) is 0.584. The molecule has 0 aliphatic rings. The molecule has 0 radical (unpaired) electrons. The van der Waals surface area contributed by atoms with Crippen LogP contribution in [0.3, 0.4) is 0 Å². The van der Waals surface area contributed by atoms with Crippen LogP contribution in [-0.4, -0.2) is 47.2 Å². The number of nitrogens with zero attached hydrogens (tertiary/aromatic N) is 4. The molecule has 17 heavy (non-hydrogen) atoms. The maximum Gasteiger partial charge on any atom is 0.215 e. The normalized spacial score (nSPS) is 11.3. The highest BCUT2D eigenvalue weighted by Gasteiger charge is 2.10. The van der Waals surface area contributed by atoms with Crippen molar-refractivity contribution >= 4 is 17.1 Å². The first kappa shape index (κ1) is 11.7. The Morgan fingerprint density at radius 2 is 2.12 bits per heavy atom. The molecule has 0 spiro atoms. The number of methoxy groups -OCH3 is 1. The number of hydrogen-bond acceptors (Lipinski definition) is 5. The molecule has 6 nitrogen and oxygen atoms in total. The van der Waals surface area contributed by atoms with Crippen molar-refractivity contribution in [2.45, 2.75) is 6.54 Å². The monoisotopic (exact) mass is 235 g/mol. The zero-order valence-corrected chi connectivity index (χ0v) is 10.3. The summed E-state index contributed by atoms with van der Waals surface area (Å²) in [6.45, 7) is 1.64. The molecule has 0 aromatic carbocycles. The van der Waals surface area contributed by atoms with E-state index in [1.54, 1.807) is 13.2 Å². The summed E-state index contributed by atoms with van der Waals surface area (Å²) in [4.78, 5) is 10.7. The van der Waals surface area contributed by atoms with Crippen LogP contribution in [0.5, 0.6) is 5.88 Å². The number of pyridine rings is 1. The number of anilines is 1. The van der Waals surface area contributed by atoms with Crippen LogP contribution in [0.15, 0.2) is 12.1 Å². The maximum absolute atomic E-state index is 5.88. The molecule has 2 N–H and O–H groups in total. The van der Waals surface area contributed by atoms with E-state index < -0.39 is 0 Å². The lowest BCUT2D eigenvalue weighted by Gasteiger charge is -2.11. The summed E-state index contributed by atoms with van der Waals surface area (Å²) in [5.41, 5.74) is 7.44. The van der Waals surface area contributed by atoms with E-state index in [1.165, 1.54) is 0 Å². The lowest BCUT2D eigenvalue weighted by Crippen LogP contribution is -2.19. The van der Waals surface area contributed by atoms with Gasteiger partial charge in [0.1, 0.15) is 5.52 Å². The number of likely N-dealkylation sites (N-methyl/N-ethyl adjacent to an activating group) is 1. The second kappa shape index (κ2) is 4.58. The average molecular weight is 235 g/mol. The van der Waals surface area contributed by atoms with Gasteiger partial charge in [-0.15, -0.1) is 0 Å². The molecule has 0 bridgehead atoms. The summed E-state index contributed by atoms with van der Waals surface area (Å²) in [5.74, 6) is 1.06. The number of nitrogen functional groups attached to an aromatic ring is 1. The van der Waals surface area contributed by atoms with Crippen molar-refractivity contribution in [2.24, 2.45) is 0 Å². The Hall–Kier alpha value is -1.82. The summed E-state index contributed by atoms with van der Waals surface area (Å²) in [6, 6.07) is 3.65. The Labute approximate surface area is 100 Å². The fraction of sp³-hybridized carbons (Fsp3) is 0.455. The highest BCUT2D eigenvalue weighted by molar-refractivity contribution is 5.74. The van der Waals surface area contributed by atoms with Crippen molar-refractivity contribution in [1.82, 2.24) is 19.4 Å². The van der Waals surface area contributed by atoms with Crippen LogP contribution in [0.2, 0.25) is 0 Å². The highest BCUT2D eigenvalue weighted by atomic mass is 16.5. The SMILES string of the molecule is COc1ccc2nc(N)n(CCN(C)C)c2n1. The quantitative estimate of drug-likeness (QED) is 0.839. The molecule has 6 heteroatoms. The first-order valence-corrected chi connectivity index (χ1v) is 5.43. The van der Waals surface area contributed by atoms with Crippen molar-refractivity contribution < 1.29 is 4.74 Å². The minimum Gasteiger partial charge on any atom is -0.481 e. The summed E-state index contributed by atoms with van der Waals surface area (Å²) in [6.07, 6.45) is 0. The zero-order valence-electron chi connectivity index (χ0n) is 10.3. The summed E-state index contributed by atoms with van der Waals surface area (Å²) in [5, 5.41) is 0. The Morgan fingerprint density at radius 3 is 2.76 bits per heavy atom. The summed E-state index contributed by atoms with van der Waals surface area (Å²) < 4.78 is 7.01. The topological polar surface area (TPSA) is 69.2 Å². The minimum absolute atomic E-state index is 0.489. The van der Waals surface area contributed by atoms with Gasteiger partial charge in [0.15, 0.2) is 5.65 Å². The highest BCUT2D eigenvalue weighted by Crippen LogP contribution is 2.18. The molecule has 0 saturated carbocycles. The molecule has 0 aliphatic carbocycles. The molecule has 0 saturated heterocycles. The second-order valence-corrected chi connectivity index (χ2v) is 4.12. The van der Waals surface area contributed by atoms with Gasteiger partial charge in [0, 0.05) is 19.2 Å². The molecule has 0 aliphatic heterocycles. The van der Waals surface area contributed by atoms with E-state index >= 15 is 0 Å². The van der Waals surface area contributed by atoms with Gasteiger partial charge < -0.3 is 15.4 Å². The van der Waals surface area contributed by atoms with Gasteiger partial charge >= 0.3 is 0 Å². The van der Waals surface area contributed by atoms with Crippen LogP contribution >= 0.6 is 0 Å². The summed E-state index contributed by atoms with van der Waals surface area (Å²) >= 11 is 0. The van der Waals surface area contributed by atoms with E-state index in [9.17, 15) is 0 Å². The fourth-order valence-electron chi connectivity index (χ4n) is 1.64. The van der Waals surface area contributed by atoms with Crippen LogP contribution in [-0.2, 0) is 6.54 Å². The van der Waals surface area contributed by atoms with Gasteiger partial charge in [0.05, 0.1) is 7.11 Å². The van der Waals surface area contributed by atoms with Crippen molar-refractivity contribution in [2.75, 3.05) is 33.5 Å². The number of imidazole rings is 1. The van der Waals surface area contributed by atoms with Crippen LogP contribution in [0.25, 0.3) is 11.2 Å². The van der Waals surface area contributed by atoms with Crippen LogP contribution in [0.4, 0.5) is 5.95 Å². The Morgan fingerprint density at radius 1 is 1.35 bits per heavy atom. The summed E-state index contributed by atoms with van der Waals surface area (Å²) in [7, 11) is 5.63. The number of rotatable bonds is 4. The first-order chi connectivity index (χ1) is 8.11. The van der Waals surface area contributed by atoms with Crippen LogP contribution in [0.1, 0.15) is 0 Å². The average Bonchev–Trinajstić information content (AvgIpc) is 2.61. The molecule has 2 heterocycles. The molecular weight excluding hydrogens is 218 g/mol. The molecule has 0 atom stereocenters. The minimum atomic E-state index is 0.489. The van der Waals surface area contributed by atoms with Crippen molar-refractivity contribution in [3.05, 3.63) is 12.1 Å². The van der Waals surface area contributed by atoms with Crippen LogP contribution < -0.4 is 10.5 Å². The second-order valence-electron chi connectivity index (χ2n) is 4.12. The Kier molecular flexibility index (Phi) is 3.14. The Balaban J connectivity index is 2.41. The van der Waals surface area contributed by atoms with Gasteiger partial charge in [0.2, 0.25) is 11.8 Å². The van der Waals surface area contributed by atoms with E-state index in [0.717, 1.165) is 24.3 Å². The smallest absolute Gasteiger partial charge is 0.215 e. The number of aromatic nitrogens is 3. The van der Waals surface area contributed by atoms with Gasteiger partial charge in [-0.25, -0.2) is 4.98 Å². The van der Waals surface area contributed by atoms with Crippen LogP contribution in [0, 0.1) is 0 Å². The van der Waals surface area contributed by atoms with Crippen molar-refractivity contribution in [3.63, 3.8) is 0 Å². The molecule has 0 unspecified atom stereocenters. The molecule has 0 amide bonds. The standard InChI is InChI=1S/C11H17N5O/c1-15(2)6-7-16-10-8(13-11(16)12)4-5-9(14-10)17-3/h4-5H,6-7H2,1-3H3,(H2,12,13). The third kappa shape index (κ3) is 2.31. The maximum atomic E-state index is 5.88. The lowest BCUT2D eigenvalue weighted by atomic mass is 10.4. The molecule has 92 valence electrons.